The highest BCUT2D eigenvalue weighted by Gasteiger charge is 2.21. The van der Waals surface area contributed by atoms with Gasteiger partial charge in [-0.25, -0.2) is 4.79 Å². The Balaban J connectivity index is 1.73. The number of benzene rings is 3. The first-order valence-corrected chi connectivity index (χ1v) is 9.59. The molecule has 0 aliphatic rings. The molecule has 0 heterocycles. The minimum absolute atomic E-state index is 0.146. The summed E-state index contributed by atoms with van der Waals surface area (Å²) in [5.41, 5.74) is 3.02. The summed E-state index contributed by atoms with van der Waals surface area (Å²) >= 11 is 0. The molecule has 0 radical (unpaired) electrons. The van der Waals surface area contributed by atoms with E-state index in [1.165, 1.54) is 0 Å². The average Bonchev–Trinajstić information content (AvgIpc) is 2.81. The van der Waals surface area contributed by atoms with E-state index in [9.17, 15) is 14.9 Å². The minimum Gasteiger partial charge on any atom is -0.452 e. The molecule has 0 spiro atoms. The van der Waals surface area contributed by atoms with Gasteiger partial charge in [0.2, 0.25) is 0 Å². The fourth-order valence-electron chi connectivity index (χ4n) is 3.19. The third kappa shape index (κ3) is 4.56. The van der Waals surface area contributed by atoms with Crippen LogP contribution in [0.2, 0.25) is 0 Å². The highest BCUT2D eigenvalue weighted by Crippen LogP contribution is 2.27. The van der Waals surface area contributed by atoms with Crippen molar-refractivity contribution in [3.05, 3.63) is 95.6 Å². The summed E-state index contributed by atoms with van der Waals surface area (Å²) in [4.78, 5) is 26.8. The normalized spacial score (nSPS) is 11.2. The molecule has 3 aromatic rings. The molecule has 0 bridgehead atoms. The first-order valence-electron chi connectivity index (χ1n) is 9.59. The van der Waals surface area contributed by atoms with Crippen molar-refractivity contribution in [3.8, 4) is 17.2 Å². The number of carbonyl (C=O) groups is 2. The molecular formula is C25H22N2O3. The molecule has 0 N–H and O–H groups in total. The first-order chi connectivity index (χ1) is 14.5. The predicted octanol–water partition coefficient (Wildman–Crippen LogP) is 4.60. The summed E-state index contributed by atoms with van der Waals surface area (Å²) in [6.45, 7) is 1.56. The van der Waals surface area contributed by atoms with Crippen molar-refractivity contribution in [1.29, 1.82) is 5.26 Å². The molecule has 0 saturated carbocycles. The van der Waals surface area contributed by atoms with Crippen LogP contribution in [0.25, 0.3) is 11.1 Å². The number of hydrogen-bond acceptors (Lipinski definition) is 4. The zero-order chi connectivity index (χ0) is 21.5. The maximum atomic E-state index is 12.7. The lowest BCUT2D eigenvalue weighted by atomic mass is 9.96. The largest absolute Gasteiger partial charge is 0.452 e. The Hall–Kier alpha value is -3.91. The summed E-state index contributed by atoms with van der Waals surface area (Å²) in [7, 11) is 1.69. The molecule has 0 aromatic heterocycles. The maximum Gasteiger partial charge on any atom is 0.339 e. The number of amides is 1. The number of rotatable bonds is 6. The number of likely N-dealkylation sites (N-methyl/N-ethyl adjacent to an activating group) is 1. The van der Waals surface area contributed by atoms with E-state index >= 15 is 0 Å². The number of esters is 1. The van der Waals surface area contributed by atoms with Crippen LogP contribution in [0.5, 0.6) is 0 Å². The molecule has 5 heteroatoms. The highest BCUT2D eigenvalue weighted by atomic mass is 16.5. The molecule has 0 aliphatic carbocycles. The maximum absolute atomic E-state index is 12.7. The second kappa shape index (κ2) is 9.53. The van der Waals surface area contributed by atoms with Crippen LogP contribution in [-0.4, -0.2) is 30.4 Å². The topological polar surface area (TPSA) is 70.4 Å². The van der Waals surface area contributed by atoms with Crippen LogP contribution < -0.4 is 0 Å². The van der Waals surface area contributed by atoms with E-state index in [0.29, 0.717) is 22.3 Å². The lowest BCUT2D eigenvalue weighted by molar-refractivity contribution is -0.135. The summed E-state index contributed by atoms with van der Waals surface area (Å²) in [5.74, 6) is -0.901. The lowest BCUT2D eigenvalue weighted by Gasteiger charge is -2.25. The van der Waals surface area contributed by atoms with Gasteiger partial charge in [0, 0.05) is 12.6 Å². The Morgan fingerprint density at radius 2 is 1.53 bits per heavy atom. The molecule has 0 unspecified atom stereocenters. The van der Waals surface area contributed by atoms with Gasteiger partial charge in [-0.15, -0.1) is 0 Å². The zero-order valence-corrected chi connectivity index (χ0v) is 16.9. The highest BCUT2D eigenvalue weighted by molar-refractivity contribution is 5.98. The first kappa shape index (κ1) is 20.8. The number of nitrogens with zero attached hydrogens (tertiary/aromatic N) is 2. The van der Waals surface area contributed by atoms with Crippen molar-refractivity contribution >= 4 is 11.9 Å². The Kier molecular flexibility index (Phi) is 6.61. The molecule has 0 aliphatic heterocycles. The third-order valence-electron chi connectivity index (χ3n) is 5.07. The smallest absolute Gasteiger partial charge is 0.339 e. The summed E-state index contributed by atoms with van der Waals surface area (Å²) in [6, 6.07) is 25.6. The van der Waals surface area contributed by atoms with E-state index in [4.69, 9.17) is 4.74 Å². The van der Waals surface area contributed by atoms with Crippen molar-refractivity contribution in [3.63, 3.8) is 0 Å². The van der Waals surface area contributed by atoms with Gasteiger partial charge < -0.3 is 9.64 Å². The van der Waals surface area contributed by atoms with Gasteiger partial charge in [-0.05, 0) is 30.2 Å². The van der Waals surface area contributed by atoms with Gasteiger partial charge in [-0.1, -0.05) is 66.7 Å². The van der Waals surface area contributed by atoms with E-state index in [2.05, 4.69) is 6.07 Å². The number of carbonyl (C=O) groups excluding carboxylic acids is 2. The summed E-state index contributed by atoms with van der Waals surface area (Å²) in [5, 5.41) is 9.38. The second-order valence-corrected chi connectivity index (χ2v) is 6.87. The van der Waals surface area contributed by atoms with Gasteiger partial charge in [0.25, 0.3) is 5.91 Å². The lowest BCUT2D eigenvalue weighted by Crippen LogP contribution is -2.33. The fraction of sp³-hybridized carbons (Fsp3) is 0.160. The summed E-state index contributed by atoms with van der Waals surface area (Å²) < 4.78 is 5.32. The molecule has 150 valence electrons. The van der Waals surface area contributed by atoms with Crippen LogP contribution in [0.3, 0.4) is 0 Å². The van der Waals surface area contributed by atoms with Gasteiger partial charge in [-0.3, -0.25) is 4.79 Å². The van der Waals surface area contributed by atoms with Gasteiger partial charge >= 0.3 is 5.97 Å². The predicted molar refractivity (Wildman–Crippen MR) is 115 cm³/mol. The van der Waals surface area contributed by atoms with Crippen molar-refractivity contribution in [1.82, 2.24) is 4.90 Å². The van der Waals surface area contributed by atoms with Crippen molar-refractivity contribution in [2.24, 2.45) is 0 Å². The van der Waals surface area contributed by atoms with Gasteiger partial charge in [0.15, 0.2) is 6.61 Å². The van der Waals surface area contributed by atoms with Crippen molar-refractivity contribution in [2.75, 3.05) is 13.7 Å². The molecule has 1 atom stereocenters. The van der Waals surface area contributed by atoms with E-state index < -0.39 is 5.97 Å². The number of hydrogen-bond donors (Lipinski definition) is 0. The number of nitriles is 1. The molecule has 30 heavy (non-hydrogen) atoms. The van der Waals surface area contributed by atoms with E-state index in [0.717, 1.165) is 5.56 Å². The van der Waals surface area contributed by atoms with E-state index in [-0.39, 0.29) is 18.6 Å². The Morgan fingerprint density at radius 3 is 2.23 bits per heavy atom. The van der Waals surface area contributed by atoms with E-state index in [1.807, 2.05) is 43.3 Å². The minimum atomic E-state index is -0.604. The van der Waals surface area contributed by atoms with E-state index in [1.54, 1.807) is 54.4 Å². The molecule has 1 amide bonds. The van der Waals surface area contributed by atoms with Gasteiger partial charge in [-0.2, -0.15) is 5.26 Å². The SMILES string of the molecule is C[C@@H](c1ccccc1)N(C)C(=O)COC(=O)c1ccccc1-c1ccccc1C#N. The standard InChI is InChI=1S/C25H22N2O3/c1-18(19-10-4-3-5-11-19)27(2)24(28)17-30-25(29)23-15-9-8-14-22(23)21-13-7-6-12-20(21)16-26/h3-15,18H,17H2,1-2H3/t18-/m0/s1. The van der Waals surface area contributed by atoms with Crippen LogP contribution in [0, 0.1) is 11.3 Å². The quantitative estimate of drug-likeness (QED) is 0.569. The zero-order valence-electron chi connectivity index (χ0n) is 16.9. The fourth-order valence-corrected chi connectivity index (χ4v) is 3.19. The van der Waals surface area contributed by atoms with Crippen molar-refractivity contribution in [2.45, 2.75) is 13.0 Å². The van der Waals surface area contributed by atoms with Crippen LogP contribution in [-0.2, 0) is 9.53 Å². The van der Waals surface area contributed by atoms with Gasteiger partial charge in [0.1, 0.15) is 0 Å². The van der Waals surface area contributed by atoms with Crippen LogP contribution >= 0.6 is 0 Å². The Labute approximate surface area is 176 Å². The molecule has 3 rings (SSSR count). The monoisotopic (exact) mass is 398 g/mol. The number of ether oxygens (including phenoxy) is 1. The van der Waals surface area contributed by atoms with Crippen molar-refractivity contribution < 1.29 is 14.3 Å². The van der Waals surface area contributed by atoms with Crippen LogP contribution in [0.4, 0.5) is 0 Å². The van der Waals surface area contributed by atoms with Crippen LogP contribution in [0.15, 0.2) is 78.9 Å². The van der Waals surface area contributed by atoms with Gasteiger partial charge in [0.05, 0.1) is 23.2 Å². The molecule has 0 saturated heterocycles. The molecular weight excluding hydrogens is 376 g/mol. The molecule has 3 aromatic carbocycles. The summed E-state index contributed by atoms with van der Waals surface area (Å²) in [6.07, 6.45) is 0. The average molecular weight is 398 g/mol. The second-order valence-electron chi connectivity index (χ2n) is 6.87. The third-order valence-corrected chi connectivity index (χ3v) is 5.07. The molecule has 0 fully saturated rings. The Bertz CT molecular complexity index is 1090. The van der Waals surface area contributed by atoms with Crippen LogP contribution in [0.1, 0.15) is 34.5 Å². The molecule has 5 nitrogen and oxygen atoms in total. The Morgan fingerprint density at radius 1 is 0.933 bits per heavy atom.